The fourth-order valence-electron chi connectivity index (χ4n) is 3.96. The van der Waals surface area contributed by atoms with Crippen molar-refractivity contribution in [3.05, 3.63) is 23.9 Å². The molecule has 1 aromatic heterocycles. The first-order valence-electron chi connectivity index (χ1n) is 9.19. The number of hydrogen-bond acceptors (Lipinski definition) is 3. The second-order valence-electron chi connectivity index (χ2n) is 7.40. The summed E-state index contributed by atoms with van der Waals surface area (Å²) in [5.41, 5.74) is 1.42. The van der Waals surface area contributed by atoms with Crippen LogP contribution >= 0.6 is 0 Å². The minimum atomic E-state index is 0.582. The van der Waals surface area contributed by atoms with E-state index in [2.05, 4.69) is 42.0 Å². The van der Waals surface area contributed by atoms with Gasteiger partial charge in [0.25, 0.3) is 0 Å². The molecule has 0 bridgehead atoms. The van der Waals surface area contributed by atoms with E-state index in [1.165, 1.54) is 76.1 Å². The molecule has 0 radical (unpaired) electrons. The largest absolute Gasteiger partial charge is 0.357 e. The molecule has 0 spiro atoms. The number of aromatic nitrogens is 1. The van der Waals surface area contributed by atoms with E-state index in [1.54, 1.807) is 0 Å². The molecule has 2 fully saturated rings. The van der Waals surface area contributed by atoms with Crippen LogP contribution in [0.25, 0.3) is 0 Å². The van der Waals surface area contributed by atoms with Crippen LogP contribution in [-0.2, 0) is 0 Å². The summed E-state index contributed by atoms with van der Waals surface area (Å²) >= 11 is 0. The van der Waals surface area contributed by atoms with E-state index in [4.69, 9.17) is 4.98 Å². The molecule has 2 aliphatic rings. The highest BCUT2D eigenvalue weighted by atomic mass is 15.2. The average molecular weight is 301 g/mol. The van der Waals surface area contributed by atoms with Gasteiger partial charge in [-0.1, -0.05) is 26.3 Å². The van der Waals surface area contributed by atoms with E-state index in [-0.39, 0.29) is 0 Å². The topological polar surface area (TPSA) is 19.4 Å². The van der Waals surface area contributed by atoms with Crippen LogP contribution in [-0.4, -0.2) is 36.1 Å². The predicted octanol–water partition coefficient (Wildman–Crippen LogP) is 4.25. The number of nitrogens with zero attached hydrogens (tertiary/aromatic N) is 3. The van der Waals surface area contributed by atoms with Crippen LogP contribution in [0.4, 0.5) is 5.82 Å². The molecule has 3 nitrogen and oxygen atoms in total. The Kier molecular flexibility index (Phi) is 5.35. The quantitative estimate of drug-likeness (QED) is 0.828. The highest BCUT2D eigenvalue weighted by Gasteiger charge is 2.24. The molecule has 3 heterocycles. The van der Waals surface area contributed by atoms with E-state index in [9.17, 15) is 0 Å². The summed E-state index contributed by atoms with van der Waals surface area (Å²) in [5.74, 6) is 1.91. The molecule has 1 unspecified atom stereocenters. The lowest BCUT2D eigenvalue weighted by atomic mass is 9.95. The Morgan fingerprint density at radius 3 is 2.50 bits per heavy atom. The van der Waals surface area contributed by atoms with Crippen molar-refractivity contribution in [3.8, 4) is 0 Å². The average Bonchev–Trinajstić information content (AvgIpc) is 2.56. The number of rotatable bonds is 4. The lowest BCUT2D eigenvalue weighted by Crippen LogP contribution is -2.36. The molecule has 22 heavy (non-hydrogen) atoms. The SMILES string of the molecule is CC(C)CN1CCCCC1c1ccc(N2CCCCC2)nc1. The highest BCUT2D eigenvalue weighted by Crippen LogP contribution is 2.32. The zero-order valence-electron chi connectivity index (χ0n) is 14.3. The molecule has 2 aliphatic heterocycles. The van der Waals surface area contributed by atoms with Gasteiger partial charge in [-0.25, -0.2) is 4.98 Å². The second-order valence-corrected chi connectivity index (χ2v) is 7.40. The third-order valence-electron chi connectivity index (χ3n) is 5.05. The molecular weight excluding hydrogens is 270 g/mol. The van der Waals surface area contributed by atoms with Crippen molar-refractivity contribution >= 4 is 5.82 Å². The summed E-state index contributed by atoms with van der Waals surface area (Å²) in [6.07, 6.45) is 10.1. The van der Waals surface area contributed by atoms with Gasteiger partial charge in [-0.2, -0.15) is 0 Å². The van der Waals surface area contributed by atoms with E-state index in [0.29, 0.717) is 6.04 Å². The number of hydrogen-bond donors (Lipinski definition) is 0. The first-order valence-corrected chi connectivity index (χ1v) is 9.19. The van der Waals surface area contributed by atoms with Crippen LogP contribution < -0.4 is 4.90 Å². The number of likely N-dealkylation sites (tertiary alicyclic amines) is 1. The van der Waals surface area contributed by atoms with E-state index < -0.39 is 0 Å². The Morgan fingerprint density at radius 2 is 1.82 bits per heavy atom. The van der Waals surface area contributed by atoms with Gasteiger partial charge in [-0.15, -0.1) is 0 Å². The molecule has 1 aromatic rings. The Morgan fingerprint density at radius 1 is 1.05 bits per heavy atom. The monoisotopic (exact) mass is 301 g/mol. The van der Waals surface area contributed by atoms with Crippen molar-refractivity contribution in [2.24, 2.45) is 5.92 Å². The Balaban J connectivity index is 1.70. The maximum Gasteiger partial charge on any atom is 0.128 e. The molecular formula is C19H31N3. The molecule has 122 valence electrons. The zero-order valence-corrected chi connectivity index (χ0v) is 14.3. The zero-order chi connectivity index (χ0) is 15.4. The van der Waals surface area contributed by atoms with Gasteiger partial charge in [0.05, 0.1) is 0 Å². The van der Waals surface area contributed by atoms with Gasteiger partial charge in [0, 0.05) is 31.9 Å². The molecule has 3 rings (SSSR count). The van der Waals surface area contributed by atoms with Crippen LogP contribution in [0.2, 0.25) is 0 Å². The fraction of sp³-hybridized carbons (Fsp3) is 0.737. The Hall–Kier alpha value is -1.09. The summed E-state index contributed by atoms with van der Waals surface area (Å²) in [4.78, 5) is 9.91. The lowest BCUT2D eigenvalue weighted by Gasteiger charge is -2.37. The van der Waals surface area contributed by atoms with Gasteiger partial charge in [0.2, 0.25) is 0 Å². The molecule has 0 N–H and O–H groups in total. The third-order valence-corrected chi connectivity index (χ3v) is 5.05. The minimum Gasteiger partial charge on any atom is -0.357 e. The van der Waals surface area contributed by atoms with Crippen molar-refractivity contribution in [1.29, 1.82) is 0 Å². The molecule has 0 saturated carbocycles. The maximum atomic E-state index is 4.79. The van der Waals surface area contributed by atoms with Crippen molar-refractivity contribution in [2.45, 2.75) is 58.4 Å². The van der Waals surface area contributed by atoms with Crippen molar-refractivity contribution in [3.63, 3.8) is 0 Å². The van der Waals surface area contributed by atoms with Crippen LogP contribution in [0.3, 0.4) is 0 Å². The first kappa shape index (κ1) is 15.8. The van der Waals surface area contributed by atoms with Gasteiger partial charge in [0.15, 0.2) is 0 Å². The fourth-order valence-corrected chi connectivity index (χ4v) is 3.96. The van der Waals surface area contributed by atoms with Gasteiger partial charge in [-0.3, -0.25) is 4.90 Å². The lowest BCUT2D eigenvalue weighted by molar-refractivity contribution is 0.132. The molecule has 2 saturated heterocycles. The summed E-state index contributed by atoms with van der Waals surface area (Å²) in [5, 5.41) is 0. The van der Waals surface area contributed by atoms with E-state index in [0.717, 1.165) is 5.92 Å². The van der Waals surface area contributed by atoms with Gasteiger partial charge in [0.1, 0.15) is 5.82 Å². The van der Waals surface area contributed by atoms with E-state index in [1.807, 2.05) is 0 Å². The van der Waals surface area contributed by atoms with Gasteiger partial charge < -0.3 is 4.90 Å². The van der Waals surface area contributed by atoms with Gasteiger partial charge >= 0.3 is 0 Å². The van der Waals surface area contributed by atoms with Crippen LogP contribution in [0.5, 0.6) is 0 Å². The van der Waals surface area contributed by atoms with Crippen molar-refractivity contribution in [1.82, 2.24) is 9.88 Å². The van der Waals surface area contributed by atoms with Crippen molar-refractivity contribution in [2.75, 3.05) is 31.1 Å². The summed E-state index contributed by atoms with van der Waals surface area (Å²) < 4.78 is 0. The first-order chi connectivity index (χ1) is 10.7. The minimum absolute atomic E-state index is 0.582. The van der Waals surface area contributed by atoms with Crippen molar-refractivity contribution < 1.29 is 0 Å². The molecule has 0 aromatic carbocycles. The summed E-state index contributed by atoms with van der Waals surface area (Å²) in [7, 11) is 0. The second kappa shape index (κ2) is 7.45. The van der Waals surface area contributed by atoms with Crippen LogP contribution in [0.1, 0.15) is 64.0 Å². The third kappa shape index (κ3) is 3.81. The molecule has 1 atom stereocenters. The van der Waals surface area contributed by atoms with Gasteiger partial charge in [-0.05, 0) is 56.2 Å². The normalized spacial score (nSPS) is 24.0. The standard InChI is InChI=1S/C19H31N3/c1-16(2)15-22-13-7-4-8-18(22)17-9-10-19(20-14-17)21-11-5-3-6-12-21/h9-10,14,16,18H,3-8,11-13,15H2,1-2H3. The van der Waals surface area contributed by atoms with Crippen LogP contribution in [0.15, 0.2) is 18.3 Å². The Labute approximate surface area is 135 Å². The summed E-state index contributed by atoms with van der Waals surface area (Å²) in [6, 6.07) is 5.17. The van der Waals surface area contributed by atoms with Crippen LogP contribution in [0, 0.1) is 5.92 Å². The molecule has 0 aliphatic carbocycles. The smallest absolute Gasteiger partial charge is 0.128 e. The predicted molar refractivity (Wildman–Crippen MR) is 93.3 cm³/mol. The Bertz CT molecular complexity index is 448. The van der Waals surface area contributed by atoms with E-state index >= 15 is 0 Å². The maximum absolute atomic E-state index is 4.79. The summed E-state index contributed by atoms with van der Waals surface area (Å²) in [6.45, 7) is 9.45. The number of piperidine rings is 2. The highest BCUT2D eigenvalue weighted by molar-refractivity contribution is 5.40. The molecule has 0 amide bonds. The number of anilines is 1. The number of pyridine rings is 1. The molecule has 3 heteroatoms.